The summed E-state index contributed by atoms with van der Waals surface area (Å²) < 4.78 is 0. The number of carbonyl (C=O) groups excluding carboxylic acids is 4. The summed E-state index contributed by atoms with van der Waals surface area (Å²) in [4.78, 5) is 45.9. The van der Waals surface area contributed by atoms with E-state index in [0.717, 1.165) is 201 Å². The predicted octanol–water partition coefficient (Wildman–Crippen LogP) is 31.8. The third-order valence-corrected chi connectivity index (χ3v) is 25.0. The largest absolute Gasteiger partial charge is 0.512 e. The third-order valence-electron chi connectivity index (χ3n) is 25.0. The maximum Gasteiger partial charge on any atom is 0.189 e. The van der Waals surface area contributed by atoms with Crippen LogP contribution in [0.15, 0.2) is 365 Å². The highest BCUT2D eigenvalue weighted by atomic mass is 16.3. The van der Waals surface area contributed by atoms with Crippen LogP contribution < -0.4 is 0 Å². The second kappa shape index (κ2) is 59.6. The van der Waals surface area contributed by atoms with E-state index in [4.69, 9.17) is 35.7 Å². The number of fused-ring (bicyclic) bond motifs is 7. The smallest absolute Gasteiger partial charge is 0.189 e. The molecule has 9 aromatic carbocycles. The Morgan fingerprint density at radius 1 is 0.388 bits per heavy atom. The van der Waals surface area contributed by atoms with Crippen molar-refractivity contribution >= 4 is 52.1 Å². The molecule has 12 aliphatic rings. The highest BCUT2D eigenvalue weighted by Gasteiger charge is 2.29. The van der Waals surface area contributed by atoms with Gasteiger partial charge >= 0.3 is 0 Å². The number of aliphatic hydroxyl groups excluding tert-OH is 8. The summed E-state index contributed by atoms with van der Waals surface area (Å²) in [5.41, 5.74) is 21.7. The molecule has 0 spiro atoms. The first kappa shape index (κ1) is 116. The number of hydrogen-bond acceptors (Lipinski definition) is 14. The second-order valence-electron chi connectivity index (χ2n) is 36.0. The van der Waals surface area contributed by atoms with Gasteiger partial charge in [0.2, 0.25) is 0 Å². The quantitative estimate of drug-likeness (QED) is 0.0633. The molecular weight excluding hydrogens is 1730 g/mol. The Morgan fingerprint density at radius 2 is 0.957 bits per heavy atom. The Hall–Kier alpha value is -13.5. The molecule has 10 N–H and O–H groups in total. The minimum Gasteiger partial charge on any atom is -0.512 e. The summed E-state index contributed by atoms with van der Waals surface area (Å²) in [6, 6.07) is 66.3. The minimum atomic E-state index is -0.369. The molecule has 736 valence electrons. The highest BCUT2D eigenvalue weighted by Crippen LogP contribution is 2.37. The van der Waals surface area contributed by atoms with Gasteiger partial charge in [-0.05, 0) is 276 Å². The fourth-order valence-electron chi connectivity index (χ4n) is 15.9. The molecule has 0 amide bonds. The first-order chi connectivity index (χ1) is 65.1. The molecule has 0 saturated heterocycles. The predicted molar refractivity (Wildman–Crippen MR) is 580 cm³/mol. The van der Waals surface area contributed by atoms with E-state index < -0.39 is 0 Å². The fraction of sp³-hybridized carbons (Fsp3) is 0.312. The molecule has 139 heavy (non-hydrogen) atoms. The molecular formula is C125H152O14. The number of ketones is 4. The second-order valence-corrected chi connectivity index (χ2v) is 36.0. The van der Waals surface area contributed by atoms with Crippen LogP contribution in [0.4, 0.5) is 0 Å². The monoisotopic (exact) mass is 1880 g/mol. The van der Waals surface area contributed by atoms with Crippen LogP contribution >= 0.6 is 0 Å². The maximum atomic E-state index is 11.6. The normalized spacial score (nSPS) is 19.7. The number of para-hydroxylation sites is 1. The number of rotatable bonds is 0. The van der Waals surface area contributed by atoms with E-state index in [0.29, 0.717) is 63.7 Å². The summed E-state index contributed by atoms with van der Waals surface area (Å²) >= 11 is 0. The first-order valence-electron chi connectivity index (χ1n) is 47.4. The molecule has 14 heteroatoms. The van der Waals surface area contributed by atoms with Crippen LogP contribution in [-0.4, -0.2) is 80.3 Å². The van der Waals surface area contributed by atoms with Crippen molar-refractivity contribution in [1.29, 1.82) is 0 Å². The van der Waals surface area contributed by atoms with E-state index in [2.05, 4.69) is 43.4 Å². The lowest BCUT2D eigenvalue weighted by molar-refractivity contribution is 0.0911. The number of Topliss-reactive ketones (excluding diaryl/α,β-unsaturated/α-hetero) is 4. The fourth-order valence-corrected chi connectivity index (χ4v) is 15.9. The van der Waals surface area contributed by atoms with Gasteiger partial charge in [-0.1, -0.05) is 342 Å². The van der Waals surface area contributed by atoms with Gasteiger partial charge in [-0.25, -0.2) is 0 Å². The lowest BCUT2D eigenvalue weighted by atomic mass is 9.84. The summed E-state index contributed by atoms with van der Waals surface area (Å²) in [5.74, 6) is 5.49. The Kier molecular flexibility index (Phi) is 49.7. The average molecular weight is 1880 g/mol. The van der Waals surface area contributed by atoms with E-state index in [1.54, 1.807) is 18.2 Å². The van der Waals surface area contributed by atoms with Crippen molar-refractivity contribution in [3.8, 4) is 11.5 Å². The van der Waals surface area contributed by atoms with Gasteiger partial charge in [-0.2, -0.15) is 0 Å². The molecule has 0 radical (unpaired) electrons. The number of aromatic hydroxyl groups is 2. The van der Waals surface area contributed by atoms with E-state index in [9.17, 15) is 34.5 Å². The molecule has 0 aromatic heterocycles. The minimum absolute atomic E-state index is 0. The Labute approximate surface area is 828 Å². The summed E-state index contributed by atoms with van der Waals surface area (Å²) in [6.07, 6.45) is 47.9. The zero-order chi connectivity index (χ0) is 98.9. The standard InChI is InChI=1S/C11H12O.2C11H10O.C10H12O.2C10H10O.C10H8O.6C7H10O.C7H8O.3CH4/c3*1-8-6-7-9-4-2-3-5-10(9)11(8)12;4*1-7-6-8-4-2-3-5-9(8)10(7)11;7*1-6-4-2-3-5-7(6)8;;;/h2-5,8H,6-7H2,1H3;2-7,12H,1H3;2-8H,1H3;2-5,7,10-11H,6H2,1H3;2-5,7H,6H2,1H3;2-6,10-11H,1H3;2-6H,1H3;4-5,8H,2-3H2,1H3;3,5,8H,2,4H2,1H3;3-5,7-8H,2H2,1H3;2,4,8H,3,5H2,1H3;2-3,8H,4-5H2,1H3;2-3,5-6,8H,4H2,1H3;2-5,8H,1H3;3*1H4. The number of phenols is 2. The molecule has 0 aliphatic heterocycles. The van der Waals surface area contributed by atoms with Crippen LogP contribution in [0.25, 0.3) is 29.0 Å². The molecule has 8 atom stereocenters. The number of allylic oxidation sites excluding steroid dienone is 21. The van der Waals surface area contributed by atoms with Gasteiger partial charge in [0, 0.05) is 64.2 Å². The molecule has 14 nitrogen and oxygen atoms in total. The van der Waals surface area contributed by atoms with Crippen molar-refractivity contribution in [2.24, 2.45) is 29.6 Å². The number of hydrogen-bond donors (Lipinski definition) is 10. The third kappa shape index (κ3) is 36.1. The van der Waals surface area contributed by atoms with Crippen molar-refractivity contribution in [3.63, 3.8) is 0 Å². The Balaban J connectivity index is 0.000000264. The zero-order valence-corrected chi connectivity index (χ0v) is 81.6. The maximum absolute atomic E-state index is 11.6. The van der Waals surface area contributed by atoms with Crippen LogP contribution in [0, 0.1) is 43.4 Å². The van der Waals surface area contributed by atoms with Crippen molar-refractivity contribution in [3.05, 3.63) is 443 Å². The van der Waals surface area contributed by atoms with Gasteiger partial charge in [-0.3, -0.25) is 19.2 Å². The molecule has 0 saturated carbocycles. The average Bonchev–Trinajstić information content (AvgIpc) is 1.62. The van der Waals surface area contributed by atoms with E-state index >= 15 is 0 Å². The van der Waals surface area contributed by atoms with E-state index in [-0.39, 0.29) is 69.9 Å². The zero-order valence-electron chi connectivity index (χ0n) is 81.6. The van der Waals surface area contributed by atoms with Crippen LogP contribution in [0.5, 0.6) is 11.5 Å². The topological polar surface area (TPSA) is 271 Å². The molecule has 12 aliphatic carbocycles. The summed E-state index contributed by atoms with van der Waals surface area (Å²) in [6.45, 7) is 27.3. The van der Waals surface area contributed by atoms with Crippen molar-refractivity contribution < 1.29 is 70.2 Å². The number of carbonyl (C=O) groups is 4. The van der Waals surface area contributed by atoms with E-state index in [1.165, 1.54) is 16.7 Å². The van der Waals surface area contributed by atoms with Crippen molar-refractivity contribution in [1.82, 2.24) is 0 Å². The Morgan fingerprint density at radius 3 is 1.49 bits per heavy atom. The van der Waals surface area contributed by atoms with Gasteiger partial charge < -0.3 is 51.1 Å². The Bertz CT molecular complexity index is 5960. The molecule has 8 unspecified atom stereocenters. The van der Waals surface area contributed by atoms with Gasteiger partial charge in [-0.15, -0.1) is 0 Å². The lowest BCUT2D eigenvalue weighted by Gasteiger charge is -2.19. The summed E-state index contributed by atoms with van der Waals surface area (Å²) in [7, 11) is 0. The number of aryl methyl sites for hydroxylation is 3. The van der Waals surface area contributed by atoms with Gasteiger partial charge in [0.05, 0.1) is 29.5 Å². The van der Waals surface area contributed by atoms with E-state index in [1.807, 2.05) is 351 Å². The lowest BCUT2D eigenvalue weighted by Crippen LogP contribution is -2.19. The first-order valence-corrected chi connectivity index (χ1v) is 47.4. The number of benzene rings is 9. The van der Waals surface area contributed by atoms with Crippen LogP contribution in [0.1, 0.15) is 285 Å². The molecule has 0 fully saturated rings. The SMILES string of the molecule is C.C.C.CC1=C(O)C=CCC1.CC1=C(O)CC=CC1.CC1=C(O)CCC=C1.CC1=CCC=CC1O.CC1=CCCC=C1O.CC1=Cc2ccccc2C1=O.CC1=Cc2ccccc2C1O.CC1C=Cc2ccccc2C1=O.CC1CC=CC=C1O.CC1CCc2ccccc2C1=O.CC1Cc2ccccc2C1=O.CC1Cc2ccccc2C1O.Cc1ccc2ccccc2c1O.Cc1ccccc1O. The molecule has 0 bridgehead atoms. The highest BCUT2D eigenvalue weighted by molar-refractivity contribution is 6.17. The van der Waals surface area contributed by atoms with Crippen LogP contribution in [0.3, 0.4) is 0 Å². The van der Waals surface area contributed by atoms with Gasteiger partial charge in [0.1, 0.15) is 29.1 Å². The van der Waals surface area contributed by atoms with Crippen molar-refractivity contribution in [2.45, 2.75) is 227 Å². The van der Waals surface area contributed by atoms with Crippen LogP contribution in [-0.2, 0) is 19.3 Å². The van der Waals surface area contributed by atoms with Crippen LogP contribution in [0.2, 0.25) is 0 Å². The molecule has 0 heterocycles. The van der Waals surface area contributed by atoms with Gasteiger partial charge in [0.25, 0.3) is 0 Å². The number of aliphatic hydroxyl groups is 8. The number of phenolic OH excluding ortho intramolecular Hbond substituents is 2. The summed E-state index contributed by atoms with van der Waals surface area (Å²) in [5, 5.41) is 93.8. The molecule has 9 aromatic rings. The molecule has 21 rings (SSSR count). The van der Waals surface area contributed by atoms with Gasteiger partial charge in [0.15, 0.2) is 23.1 Å². The van der Waals surface area contributed by atoms with Crippen molar-refractivity contribution in [2.75, 3.05) is 0 Å².